The van der Waals surface area contributed by atoms with E-state index < -0.39 is 35.7 Å². The van der Waals surface area contributed by atoms with E-state index in [1.165, 1.54) is 4.90 Å². The molecule has 2 bridgehead atoms. The highest BCUT2D eigenvalue weighted by Gasteiger charge is 2.52. The SMILES string of the molecule is C[C@@H](c1ccc(C(N)=O)cc1)N1C(=O)[C@H]2C[C@@H]1CN2C[C@H](NC(=O)OC(C)(C)C)C(=O)N1CCC[C@H]1C#N. The van der Waals surface area contributed by atoms with Gasteiger partial charge in [0, 0.05) is 31.2 Å². The van der Waals surface area contributed by atoms with E-state index in [9.17, 15) is 24.4 Å². The van der Waals surface area contributed by atoms with Crippen molar-refractivity contribution in [2.45, 2.75) is 82.8 Å². The number of nitrogens with one attached hydrogen (secondary N) is 1. The largest absolute Gasteiger partial charge is 0.444 e. The molecule has 11 heteroatoms. The lowest BCUT2D eigenvalue weighted by atomic mass is 10.0. The number of fused-ring (bicyclic) bond motifs is 2. The highest BCUT2D eigenvalue weighted by atomic mass is 16.6. The molecule has 3 aliphatic rings. The number of alkyl carbamates (subject to hydrolysis) is 1. The van der Waals surface area contributed by atoms with Gasteiger partial charge in [-0.25, -0.2) is 4.79 Å². The number of carbonyl (C=O) groups is 4. The highest BCUT2D eigenvalue weighted by Crippen LogP contribution is 2.38. The molecule has 0 unspecified atom stereocenters. The topological polar surface area (TPSA) is 149 Å². The van der Waals surface area contributed by atoms with Crippen LogP contribution >= 0.6 is 0 Å². The number of nitrogens with zero attached hydrogens (tertiary/aromatic N) is 4. The van der Waals surface area contributed by atoms with Crippen LogP contribution in [0, 0.1) is 11.3 Å². The first-order valence-electron chi connectivity index (χ1n) is 13.0. The highest BCUT2D eigenvalue weighted by molar-refractivity contribution is 5.93. The molecular weight excluding hydrogens is 488 g/mol. The molecule has 3 heterocycles. The maximum Gasteiger partial charge on any atom is 0.408 e. The first kappa shape index (κ1) is 27.4. The molecular formula is C27H36N6O5. The van der Waals surface area contributed by atoms with E-state index in [1.807, 2.05) is 28.9 Å². The van der Waals surface area contributed by atoms with E-state index in [0.717, 1.165) is 12.0 Å². The molecule has 5 atom stereocenters. The van der Waals surface area contributed by atoms with Crippen molar-refractivity contribution in [1.82, 2.24) is 20.0 Å². The fraction of sp³-hybridized carbons (Fsp3) is 0.593. The molecule has 3 aliphatic heterocycles. The van der Waals surface area contributed by atoms with Crippen LogP contribution in [0.15, 0.2) is 24.3 Å². The number of carbonyl (C=O) groups excluding carboxylic acids is 4. The van der Waals surface area contributed by atoms with Gasteiger partial charge in [-0.2, -0.15) is 5.26 Å². The zero-order chi connectivity index (χ0) is 27.8. The second-order valence-electron chi connectivity index (χ2n) is 11.3. The average molecular weight is 525 g/mol. The molecule has 4 rings (SSSR count). The van der Waals surface area contributed by atoms with E-state index in [-0.39, 0.29) is 30.4 Å². The smallest absolute Gasteiger partial charge is 0.408 e. The molecule has 0 aliphatic carbocycles. The Kier molecular flexibility index (Phi) is 7.65. The monoisotopic (exact) mass is 524 g/mol. The van der Waals surface area contributed by atoms with Crippen molar-refractivity contribution in [3.63, 3.8) is 0 Å². The quantitative estimate of drug-likeness (QED) is 0.549. The summed E-state index contributed by atoms with van der Waals surface area (Å²) in [5.74, 6) is -0.877. The summed E-state index contributed by atoms with van der Waals surface area (Å²) in [7, 11) is 0. The molecule has 3 fully saturated rings. The Balaban J connectivity index is 1.47. The number of amides is 4. The predicted octanol–water partition coefficient (Wildman–Crippen LogP) is 1.54. The molecule has 4 amide bonds. The lowest BCUT2D eigenvalue weighted by molar-refractivity contribution is -0.141. The molecule has 11 nitrogen and oxygen atoms in total. The minimum Gasteiger partial charge on any atom is -0.444 e. The first-order chi connectivity index (χ1) is 17.9. The van der Waals surface area contributed by atoms with Crippen LogP contribution in [0.5, 0.6) is 0 Å². The Labute approximate surface area is 222 Å². The van der Waals surface area contributed by atoms with Gasteiger partial charge < -0.3 is 25.6 Å². The van der Waals surface area contributed by atoms with Gasteiger partial charge >= 0.3 is 6.09 Å². The summed E-state index contributed by atoms with van der Waals surface area (Å²) in [6.07, 6.45) is 1.24. The number of primary amides is 1. The van der Waals surface area contributed by atoms with Gasteiger partial charge in [-0.3, -0.25) is 19.3 Å². The van der Waals surface area contributed by atoms with Crippen LogP contribution in [0.25, 0.3) is 0 Å². The number of piperazine rings is 1. The van der Waals surface area contributed by atoms with Gasteiger partial charge in [0.25, 0.3) is 0 Å². The number of hydrogen-bond acceptors (Lipinski definition) is 7. The van der Waals surface area contributed by atoms with E-state index in [4.69, 9.17) is 10.5 Å². The van der Waals surface area contributed by atoms with Gasteiger partial charge in [0.1, 0.15) is 17.7 Å². The Morgan fingerprint density at radius 1 is 1.24 bits per heavy atom. The molecule has 38 heavy (non-hydrogen) atoms. The summed E-state index contributed by atoms with van der Waals surface area (Å²) >= 11 is 0. The Bertz CT molecular complexity index is 1140. The molecule has 1 aromatic rings. The number of nitriles is 1. The van der Waals surface area contributed by atoms with Crippen molar-refractivity contribution >= 4 is 23.8 Å². The van der Waals surface area contributed by atoms with E-state index >= 15 is 0 Å². The third-order valence-corrected chi connectivity index (χ3v) is 7.50. The molecule has 3 saturated heterocycles. The van der Waals surface area contributed by atoms with Crippen molar-refractivity contribution < 1.29 is 23.9 Å². The maximum absolute atomic E-state index is 13.5. The summed E-state index contributed by atoms with van der Waals surface area (Å²) in [4.78, 5) is 56.3. The summed E-state index contributed by atoms with van der Waals surface area (Å²) < 4.78 is 5.39. The normalized spacial score (nSPS) is 24.7. The number of likely N-dealkylation sites (tertiary alicyclic amines) is 3. The van der Waals surface area contributed by atoms with Gasteiger partial charge in [-0.15, -0.1) is 0 Å². The van der Waals surface area contributed by atoms with Gasteiger partial charge in [0.05, 0.1) is 18.2 Å². The summed E-state index contributed by atoms with van der Waals surface area (Å²) in [6, 6.07) is 6.98. The number of hydrogen-bond donors (Lipinski definition) is 2. The Hall–Kier alpha value is -3.65. The van der Waals surface area contributed by atoms with Gasteiger partial charge in [-0.05, 0) is 64.7 Å². The van der Waals surface area contributed by atoms with Crippen molar-refractivity contribution in [3.05, 3.63) is 35.4 Å². The number of rotatable bonds is 7. The second-order valence-corrected chi connectivity index (χ2v) is 11.3. The van der Waals surface area contributed by atoms with Crippen molar-refractivity contribution in [2.24, 2.45) is 5.73 Å². The molecule has 3 N–H and O–H groups in total. The van der Waals surface area contributed by atoms with Crippen molar-refractivity contribution in [1.29, 1.82) is 5.26 Å². The van der Waals surface area contributed by atoms with Gasteiger partial charge in [0.2, 0.25) is 17.7 Å². The van der Waals surface area contributed by atoms with Crippen molar-refractivity contribution in [3.8, 4) is 6.07 Å². The molecule has 0 aromatic heterocycles. The fourth-order valence-electron chi connectivity index (χ4n) is 5.72. The standard InChI is InChI=1S/C27H36N6O5/c1-16(17-7-9-18(10-8-17)23(29)34)33-20-12-22(25(33)36)31(14-20)15-21(30-26(37)38-27(2,3)4)24(35)32-11-5-6-19(32)13-28/h7-10,16,19-22H,5-6,11-12,14-15H2,1-4H3,(H2,29,34)(H,30,37)/t16-,19-,20+,21-,22+/m0/s1. The van der Waals surface area contributed by atoms with E-state index in [1.54, 1.807) is 32.9 Å². The van der Waals surface area contributed by atoms with Crippen LogP contribution in [0.2, 0.25) is 0 Å². The minimum absolute atomic E-state index is 0.0349. The van der Waals surface area contributed by atoms with Crippen LogP contribution < -0.4 is 11.1 Å². The molecule has 1 aromatic carbocycles. The van der Waals surface area contributed by atoms with Crippen LogP contribution in [-0.4, -0.2) is 87.9 Å². The third kappa shape index (κ3) is 5.60. The maximum atomic E-state index is 13.5. The van der Waals surface area contributed by atoms with Crippen LogP contribution in [0.4, 0.5) is 4.79 Å². The lowest BCUT2D eigenvalue weighted by Gasteiger charge is -2.39. The van der Waals surface area contributed by atoms with Crippen LogP contribution in [-0.2, 0) is 14.3 Å². The van der Waals surface area contributed by atoms with E-state index in [2.05, 4.69) is 11.4 Å². The second kappa shape index (κ2) is 10.6. The lowest BCUT2D eigenvalue weighted by Crippen LogP contribution is -2.59. The average Bonchev–Trinajstić information content (AvgIpc) is 3.56. The van der Waals surface area contributed by atoms with Gasteiger partial charge in [0.15, 0.2) is 0 Å². The molecule has 0 radical (unpaired) electrons. The summed E-state index contributed by atoms with van der Waals surface area (Å²) in [6.45, 7) is 8.33. The predicted molar refractivity (Wildman–Crippen MR) is 137 cm³/mol. The number of benzene rings is 1. The number of nitrogens with two attached hydrogens (primary N) is 1. The minimum atomic E-state index is -0.946. The van der Waals surface area contributed by atoms with E-state index in [0.29, 0.717) is 31.5 Å². The summed E-state index contributed by atoms with van der Waals surface area (Å²) in [5, 5.41) is 12.2. The molecule has 204 valence electrons. The van der Waals surface area contributed by atoms with Crippen LogP contribution in [0.1, 0.15) is 68.9 Å². The van der Waals surface area contributed by atoms with Gasteiger partial charge in [-0.1, -0.05) is 12.1 Å². The van der Waals surface area contributed by atoms with Crippen LogP contribution in [0.3, 0.4) is 0 Å². The van der Waals surface area contributed by atoms with Crippen molar-refractivity contribution in [2.75, 3.05) is 19.6 Å². The zero-order valence-electron chi connectivity index (χ0n) is 22.3. The third-order valence-electron chi connectivity index (χ3n) is 7.50. The summed E-state index contributed by atoms with van der Waals surface area (Å²) in [5.41, 5.74) is 5.91. The first-order valence-corrected chi connectivity index (χ1v) is 13.0. The molecule has 0 saturated carbocycles. The fourth-order valence-corrected chi connectivity index (χ4v) is 5.72. The zero-order valence-corrected chi connectivity index (χ0v) is 22.3. The number of ether oxygens (including phenoxy) is 1. The molecule has 0 spiro atoms. The Morgan fingerprint density at radius 2 is 1.92 bits per heavy atom. The Morgan fingerprint density at radius 3 is 2.50 bits per heavy atom.